The Morgan fingerprint density at radius 3 is 2.50 bits per heavy atom. The molecule has 6 heteroatoms. The van der Waals surface area contributed by atoms with Gasteiger partial charge in [-0.3, -0.25) is 9.59 Å². The van der Waals surface area contributed by atoms with Crippen LogP contribution in [-0.4, -0.2) is 24.4 Å². The Balaban J connectivity index is 2.60. The van der Waals surface area contributed by atoms with Crippen molar-refractivity contribution in [2.24, 2.45) is 5.92 Å². The number of amides is 2. The molecule has 4 N–H and O–H groups in total. The summed E-state index contributed by atoms with van der Waals surface area (Å²) in [6.07, 6.45) is 0. The highest BCUT2D eigenvalue weighted by Gasteiger charge is 2.16. The zero-order valence-corrected chi connectivity index (χ0v) is 13.5. The van der Waals surface area contributed by atoms with Gasteiger partial charge in [0.05, 0.1) is 0 Å². The van der Waals surface area contributed by atoms with E-state index in [1.165, 1.54) is 0 Å². The van der Waals surface area contributed by atoms with Crippen LogP contribution in [0.4, 0.5) is 5.69 Å². The van der Waals surface area contributed by atoms with Crippen molar-refractivity contribution in [3.05, 3.63) is 28.2 Å². The molecule has 1 rings (SSSR count). The molecule has 0 radical (unpaired) electrons. The lowest BCUT2D eigenvalue weighted by Gasteiger charge is -2.15. The molecule has 0 aliphatic rings. The van der Waals surface area contributed by atoms with E-state index < -0.39 is 6.04 Å². The normalized spacial score (nSPS) is 12.1. The highest BCUT2D eigenvalue weighted by Crippen LogP contribution is 2.20. The molecule has 1 atom stereocenters. The van der Waals surface area contributed by atoms with E-state index in [1.54, 1.807) is 25.1 Å². The molecule has 0 aliphatic carbocycles. The van der Waals surface area contributed by atoms with Crippen LogP contribution in [0.25, 0.3) is 0 Å². The SMILES string of the molecule is CC(C)CNC(=O)C(C)NC(=O)c1ccc(N)c(Br)c1. The maximum absolute atomic E-state index is 12.0. The van der Waals surface area contributed by atoms with E-state index in [4.69, 9.17) is 5.73 Å². The number of nitrogen functional groups attached to an aromatic ring is 1. The standard InChI is InChI=1S/C14H20BrN3O2/c1-8(2)7-17-13(19)9(3)18-14(20)10-4-5-12(16)11(15)6-10/h4-6,8-9H,7,16H2,1-3H3,(H,17,19)(H,18,20). The van der Waals surface area contributed by atoms with Gasteiger partial charge in [-0.15, -0.1) is 0 Å². The van der Waals surface area contributed by atoms with Crippen molar-refractivity contribution in [2.45, 2.75) is 26.8 Å². The third-order valence-corrected chi connectivity index (χ3v) is 3.37. The topological polar surface area (TPSA) is 84.2 Å². The van der Waals surface area contributed by atoms with Gasteiger partial charge in [0.15, 0.2) is 0 Å². The van der Waals surface area contributed by atoms with Crippen LogP contribution in [-0.2, 0) is 4.79 Å². The zero-order chi connectivity index (χ0) is 15.3. The summed E-state index contributed by atoms with van der Waals surface area (Å²) < 4.78 is 0.655. The number of benzene rings is 1. The fraction of sp³-hybridized carbons (Fsp3) is 0.429. The molecule has 0 saturated carbocycles. The van der Waals surface area contributed by atoms with Crippen LogP contribution in [0.15, 0.2) is 22.7 Å². The monoisotopic (exact) mass is 341 g/mol. The minimum atomic E-state index is -0.586. The van der Waals surface area contributed by atoms with Gasteiger partial charge in [-0.05, 0) is 47.0 Å². The number of rotatable bonds is 5. The molecule has 0 aliphatic heterocycles. The first-order chi connectivity index (χ1) is 9.31. The first-order valence-electron chi connectivity index (χ1n) is 6.45. The van der Waals surface area contributed by atoms with Crippen molar-refractivity contribution in [2.75, 3.05) is 12.3 Å². The molecular weight excluding hydrogens is 322 g/mol. The summed E-state index contributed by atoms with van der Waals surface area (Å²) in [7, 11) is 0. The quantitative estimate of drug-likeness (QED) is 0.715. The minimum absolute atomic E-state index is 0.193. The van der Waals surface area contributed by atoms with Crippen molar-refractivity contribution in [1.29, 1.82) is 0 Å². The molecule has 0 saturated heterocycles. The van der Waals surface area contributed by atoms with Gasteiger partial charge in [-0.2, -0.15) is 0 Å². The van der Waals surface area contributed by atoms with Crippen LogP contribution in [0.5, 0.6) is 0 Å². The summed E-state index contributed by atoms with van der Waals surface area (Å²) in [5.41, 5.74) is 6.68. The molecule has 2 amide bonds. The van der Waals surface area contributed by atoms with Crippen molar-refractivity contribution < 1.29 is 9.59 Å². The number of halogens is 1. The summed E-state index contributed by atoms with van der Waals surface area (Å²) in [6, 6.07) is 4.30. The number of hydrogen-bond acceptors (Lipinski definition) is 3. The second-order valence-electron chi connectivity index (χ2n) is 5.07. The molecule has 1 unspecified atom stereocenters. The van der Waals surface area contributed by atoms with Gasteiger partial charge >= 0.3 is 0 Å². The van der Waals surface area contributed by atoms with E-state index in [9.17, 15) is 9.59 Å². The number of nitrogens with two attached hydrogens (primary N) is 1. The first kappa shape index (κ1) is 16.5. The molecule has 1 aromatic carbocycles. The Hall–Kier alpha value is -1.56. The Bertz CT molecular complexity index is 503. The van der Waals surface area contributed by atoms with Crippen LogP contribution in [0.2, 0.25) is 0 Å². The number of carbonyl (C=O) groups excluding carboxylic acids is 2. The van der Waals surface area contributed by atoms with E-state index in [2.05, 4.69) is 26.6 Å². The summed E-state index contributed by atoms with van der Waals surface area (Å²) in [4.78, 5) is 23.8. The molecule has 0 fully saturated rings. The summed E-state index contributed by atoms with van der Waals surface area (Å²) in [5, 5.41) is 5.43. The highest BCUT2D eigenvalue weighted by atomic mass is 79.9. The fourth-order valence-electron chi connectivity index (χ4n) is 1.47. The molecule has 1 aromatic rings. The fourth-order valence-corrected chi connectivity index (χ4v) is 1.85. The predicted molar refractivity (Wildman–Crippen MR) is 83.3 cm³/mol. The maximum Gasteiger partial charge on any atom is 0.251 e. The summed E-state index contributed by atoms with van der Waals surface area (Å²) >= 11 is 3.27. The van der Waals surface area contributed by atoms with Gasteiger partial charge < -0.3 is 16.4 Å². The second kappa shape index (κ2) is 7.28. The van der Waals surface area contributed by atoms with Crippen molar-refractivity contribution in [3.8, 4) is 0 Å². The van der Waals surface area contributed by atoms with Crippen LogP contribution >= 0.6 is 15.9 Å². The van der Waals surface area contributed by atoms with E-state index in [0.717, 1.165) is 0 Å². The Kier molecular flexibility index (Phi) is 6.01. The number of hydrogen-bond donors (Lipinski definition) is 3. The third-order valence-electron chi connectivity index (χ3n) is 2.69. The predicted octanol–water partition coefficient (Wildman–Crippen LogP) is 1.92. The molecule has 0 bridgehead atoms. The average molecular weight is 342 g/mol. The first-order valence-corrected chi connectivity index (χ1v) is 7.24. The second-order valence-corrected chi connectivity index (χ2v) is 5.92. The van der Waals surface area contributed by atoms with Crippen molar-refractivity contribution >= 4 is 33.4 Å². The zero-order valence-electron chi connectivity index (χ0n) is 11.9. The lowest BCUT2D eigenvalue weighted by molar-refractivity contribution is -0.122. The highest BCUT2D eigenvalue weighted by molar-refractivity contribution is 9.10. The van der Waals surface area contributed by atoms with Crippen molar-refractivity contribution in [3.63, 3.8) is 0 Å². The minimum Gasteiger partial charge on any atom is -0.398 e. The van der Waals surface area contributed by atoms with Gasteiger partial charge in [0.25, 0.3) is 5.91 Å². The van der Waals surface area contributed by atoms with Gasteiger partial charge in [0, 0.05) is 22.3 Å². The van der Waals surface area contributed by atoms with Gasteiger partial charge in [-0.25, -0.2) is 0 Å². The van der Waals surface area contributed by atoms with E-state index >= 15 is 0 Å². The van der Waals surface area contributed by atoms with Gasteiger partial charge in [0.2, 0.25) is 5.91 Å². The van der Waals surface area contributed by atoms with Crippen LogP contribution < -0.4 is 16.4 Å². The van der Waals surface area contributed by atoms with Crippen LogP contribution in [0.3, 0.4) is 0 Å². The lowest BCUT2D eigenvalue weighted by atomic mass is 10.1. The molecule has 5 nitrogen and oxygen atoms in total. The Labute approximate surface area is 127 Å². The Morgan fingerprint density at radius 2 is 1.95 bits per heavy atom. The number of anilines is 1. The van der Waals surface area contributed by atoms with Gasteiger partial charge in [-0.1, -0.05) is 13.8 Å². The van der Waals surface area contributed by atoms with Crippen LogP contribution in [0, 0.1) is 5.92 Å². The van der Waals surface area contributed by atoms with E-state index in [1.807, 2.05) is 13.8 Å². The lowest BCUT2D eigenvalue weighted by Crippen LogP contribution is -2.45. The molecule has 0 aromatic heterocycles. The maximum atomic E-state index is 12.0. The molecule has 0 spiro atoms. The average Bonchev–Trinajstić information content (AvgIpc) is 2.38. The summed E-state index contributed by atoms with van der Waals surface area (Å²) in [6.45, 7) is 6.26. The molecule has 110 valence electrons. The smallest absolute Gasteiger partial charge is 0.251 e. The largest absolute Gasteiger partial charge is 0.398 e. The molecule has 20 heavy (non-hydrogen) atoms. The van der Waals surface area contributed by atoms with Crippen molar-refractivity contribution in [1.82, 2.24) is 10.6 Å². The number of carbonyl (C=O) groups is 2. The van der Waals surface area contributed by atoms with Gasteiger partial charge in [0.1, 0.15) is 6.04 Å². The van der Waals surface area contributed by atoms with E-state index in [-0.39, 0.29) is 11.8 Å². The van der Waals surface area contributed by atoms with Crippen LogP contribution in [0.1, 0.15) is 31.1 Å². The number of nitrogens with one attached hydrogen (secondary N) is 2. The molecular formula is C14H20BrN3O2. The summed E-state index contributed by atoms with van der Waals surface area (Å²) in [5.74, 6) is -0.130. The Morgan fingerprint density at radius 1 is 1.30 bits per heavy atom. The third kappa shape index (κ3) is 4.85. The molecule has 0 heterocycles. The van der Waals surface area contributed by atoms with E-state index in [0.29, 0.717) is 28.2 Å².